The molecule has 92 valence electrons. The molecule has 0 spiro atoms. The van der Waals surface area contributed by atoms with Crippen LogP contribution < -0.4 is 4.90 Å². The molecule has 0 aromatic heterocycles. The Bertz CT molecular complexity index is 519. The predicted octanol–water partition coefficient (Wildman–Crippen LogP) is 5.09. The Morgan fingerprint density at radius 1 is 0.944 bits per heavy atom. The summed E-state index contributed by atoms with van der Waals surface area (Å²) in [6.07, 6.45) is 1.15. The number of anilines is 2. The molecule has 18 heavy (non-hydrogen) atoms. The van der Waals surface area contributed by atoms with Crippen molar-refractivity contribution in [2.45, 2.75) is 36.1 Å². The Morgan fingerprint density at radius 2 is 1.44 bits per heavy atom. The molecule has 2 aromatic carbocycles. The van der Waals surface area contributed by atoms with Crippen LogP contribution >= 0.6 is 11.8 Å². The van der Waals surface area contributed by atoms with Gasteiger partial charge in [0.05, 0.1) is 11.4 Å². The van der Waals surface area contributed by atoms with E-state index in [0.717, 1.165) is 6.42 Å². The van der Waals surface area contributed by atoms with Gasteiger partial charge in [-0.2, -0.15) is 0 Å². The number of hydrogen-bond donors (Lipinski definition) is 0. The van der Waals surface area contributed by atoms with Crippen LogP contribution in [0, 0.1) is 0 Å². The summed E-state index contributed by atoms with van der Waals surface area (Å²) in [5, 5.41) is 0. The van der Waals surface area contributed by atoms with Gasteiger partial charge in [0.15, 0.2) is 0 Å². The summed E-state index contributed by atoms with van der Waals surface area (Å²) in [4.78, 5) is 5.19. The molecule has 1 heterocycles. The lowest BCUT2D eigenvalue weighted by atomic mass is 10.1. The molecule has 0 amide bonds. The molecule has 2 aromatic rings. The van der Waals surface area contributed by atoms with E-state index in [1.807, 2.05) is 11.8 Å². The van der Waals surface area contributed by atoms with Crippen molar-refractivity contribution in [3.8, 4) is 0 Å². The molecule has 1 atom stereocenters. The second-order valence-electron chi connectivity index (χ2n) is 4.66. The predicted molar refractivity (Wildman–Crippen MR) is 78.9 cm³/mol. The highest BCUT2D eigenvalue weighted by Crippen LogP contribution is 2.48. The van der Waals surface area contributed by atoms with E-state index >= 15 is 0 Å². The molecule has 1 aliphatic heterocycles. The minimum absolute atomic E-state index is 0.521. The first-order chi connectivity index (χ1) is 8.81. The Balaban J connectivity index is 2.17. The first-order valence-electron chi connectivity index (χ1n) is 6.46. The van der Waals surface area contributed by atoms with Crippen LogP contribution in [0.15, 0.2) is 58.3 Å². The summed E-state index contributed by atoms with van der Waals surface area (Å²) in [5.41, 5.74) is 2.69. The molecule has 0 saturated heterocycles. The fourth-order valence-corrected chi connectivity index (χ4v) is 3.46. The van der Waals surface area contributed by atoms with Crippen molar-refractivity contribution in [2.75, 3.05) is 4.90 Å². The third kappa shape index (κ3) is 1.81. The van der Waals surface area contributed by atoms with Crippen molar-refractivity contribution in [3.05, 3.63) is 48.5 Å². The Labute approximate surface area is 113 Å². The summed E-state index contributed by atoms with van der Waals surface area (Å²) in [7, 11) is 0. The van der Waals surface area contributed by atoms with Crippen LogP contribution in [0.1, 0.15) is 20.3 Å². The molecule has 0 bridgehead atoms. The number of hydrogen-bond acceptors (Lipinski definition) is 2. The zero-order chi connectivity index (χ0) is 12.5. The Kier molecular flexibility index (Phi) is 3.04. The number of fused-ring (bicyclic) bond motifs is 2. The van der Waals surface area contributed by atoms with Crippen LogP contribution in [-0.2, 0) is 0 Å². The van der Waals surface area contributed by atoms with E-state index in [4.69, 9.17) is 0 Å². The van der Waals surface area contributed by atoms with Gasteiger partial charge in [-0.15, -0.1) is 0 Å². The van der Waals surface area contributed by atoms with Gasteiger partial charge in [0.1, 0.15) is 0 Å². The smallest absolute Gasteiger partial charge is 0.0555 e. The van der Waals surface area contributed by atoms with Crippen LogP contribution in [0.4, 0.5) is 11.4 Å². The SMILES string of the molecule is CCC(C)N1c2ccccc2Sc2ccccc21. The topological polar surface area (TPSA) is 3.24 Å². The largest absolute Gasteiger partial charge is 0.337 e. The van der Waals surface area contributed by atoms with Crippen LogP contribution in [0.2, 0.25) is 0 Å². The molecule has 1 unspecified atom stereocenters. The van der Waals surface area contributed by atoms with Gasteiger partial charge < -0.3 is 4.90 Å². The fourth-order valence-electron chi connectivity index (χ4n) is 2.39. The summed E-state index contributed by atoms with van der Waals surface area (Å²) in [6.45, 7) is 4.54. The van der Waals surface area contributed by atoms with Gasteiger partial charge in [0.2, 0.25) is 0 Å². The molecular formula is C16H17NS. The number of nitrogens with zero attached hydrogens (tertiary/aromatic N) is 1. The zero-order valence-electron chi connectivity index (χ0n) is 10.8. The van der Waals surface area contributed by atoms with E-state index in [0.29, 0.717) is 6.04 Å². The van der Waals surface area contributed by atoms with Crippen molar-refractivity contribution in [2.24, 2.45) is 0 Å². The van der Waals surface area contributed by atoms with Gasteiger partial charge in [-0.25, -0.2) is 0 Å². The second-order valence-corrected chi connectivity index (χ2v) is 5.75. The second kappa shape index (κ2) is 4.69. The van der Waals surface area contributed by atoms with Crippen LogP contribution in [-0.4, -0.2) is 6.04 Å². The summed E-state index contributed by atoms with van der Waals surface area (Å²) in [5.74, 6) is 0. The lowest BCUT2D eigenvalue weighted by Gasteiger charge is -2.36. The minimum Gasteiger partial charge on any atom is -0.337 e. The molecule has 0 saturated carbocycles. The van der Waals surface area contributed by atoms with Crippen molar-refractivity contribution in [3.63, 3.8) is 0 Å². The normalized spacial score (nSPS) is 14.9. The highest BCUT2D eigenvalue weighted by Gasteiger charge is 2.25. The standard InChI is InChI=1S/C16H17NS/c1-3-12(2)17-13-8-4-6-10-15(13)18-16-11-7-5-9-14(16)17/h4-12H,3H2,1-2H3. The third-order valence-corrected chi connectivity index (χ3v) is 4.63. The maximum Gasteiger partial charge on any atom is 0.0555 e. The lowest BCUT2D eigenvalue weighted by Crippen LogP contribution is -2.29. The van der Waals surface area contributed by atoms with Crippen molar-refractivity contribution >= 4 is 23.1 Å². The summed E-state index contributed by atoms with van der Waals surface area (Å²) >= 11 is 1.87. The third-order valence-electron chi connectivity index (χ3n) is 3.50. The number of para-hydroxylation sites is 2. The quantitative estimate of drug-likeness (QED) is 0.735. The van der Waals surface area contributed by atoms with Gasteiger partial charge in [0.25, 0.3) is 0 Å². The number of rotatable bonds is 2. The minimum atomic E-state index is 0.521. The molecule has 2 heteroatoms. The Hall–Kier alpha value is -1.41. The van der Waals surface area contributed by atoms with E-state index in [-0.39, 0.29) is 0 Å². The van der Waals surface area contributed by atoms with E-state index in [1.165, 1.54) is 21.2 Å². The first-order valence-corrected chi connectivity index (χ1v) is 7.28. The van der Waals surface area contributed by atoms with Crippen molar-refractivity contribution < 1.29 is 0 Å². The molecule has 0 N–H and O–H groups in total. The number of benzene rings is 2. The fraction of sp³-hybridized carbons (Fsp3) is 0.250. The average Bonchev–Trinajstić information content (AvgIpc) is 2.44. The maximum atomic E-state index is 2.47. The molecule has 1 aliphatic rings. The van der Waals surface area contributed by atoms with Crippen LogP contribution in [0.3, 0.4) is 0 Å². The molecule has 0 aliphatic carbocycles. The molecular weight excluding hydrogens is 238 g/mol. The van der Waals surface area contributed by atoms with Crippen molar-refractivity contribution in [1.29, 1.82) is 0 Å². The first kappa shape index (κ1) is 11.7. The maximum absolute atomic E-state index is 2.47. The summed E-state index contributed by atoms with van der Waals surface area (Å²) in [6, 6.07) is 17.9. The molecule has 1 nitrogen and oxygen atoms in total. The molecule has 0 fully saturated rings. The van der Waals surface area contributed by atoms with Crippen molar-refractivity contribution in [1.82, 2.24) is 0 Å². The molecule has 0 radical (unpaired) electrons. The van der Waals surface area contributed by atoms with E-state index in [9.17, 15) is 0 Å². The van der Waals surface area contributed by atoms with Crippen LogP contribution in [0.5, 0.6) is 0 Å². The van der Waals surface area contributed by atoms with Gasteiger partial charge in [0, 0.05) is 15.8 Å². The van der Waals surface area contributed by atoms with E-state index in [2.05, 4.69) is 67.3 Å². The Morgan fingerprint density at radius 3 is 1.94 bits per heavy atom. The summed E-state index contributed by atoms with van der Waals surface area (Å²) < 4.78 is 0. The van der Waals surface area contributed by atoms with Gasteiger partial charge in [-0.05, 0) is 37.6 Å². The van der Waals surface area contributed by atoms with E-state index < -0.39 is 0 Å². The lowest BCUT2D eigenvalue weighted by molar-refractivity contribution is 0.678. The monoisotopic (exact) mass is 255 g/mol. The average molecular weight is 255 g/mol. The van der Waals surface area contributed by atoms with Gasteiger partial charge >= 0.3 is 0 Å². The zero-order valence-corrected chi connectivity index (χ0v) is 11.6. The highest BCUT2D eigenvalue weighted by molar-refractivity contribution is 7.99. The van der Waals surface area contributed by atoms with E-state index in [1.54, 1.807) is 0 Å². The molecule has 3 rings (SSSR count). The highest BCUT2D eigenvalue weighted by atomic mass is 32.2. The van der Waals surface area contributed by atoms with Crippen LogP contribution in [0.25, 0.3) is 0 Å². The van der Waals surface area contributed by atoms with Gasteiger partial charge in [-0.1, -0.05) is 43.0 Å². The van der Waals surface area contributed by atoms with Gasteiger partial charge in [-0.3, -0.25) is 0 Å².